The van der Waals surface area contributed by atoms with Crippen LogP contribution in [-0.2, 0) is 5.41 Å². The molecule has 0 aliphatic heterocycles. The first kappa shape index (κ1) is 17.1. The molecule has 3 nitrogen and oxygen atoms in total. The third-order valence-corrected chi connectivity index (χ3v) is 4.37. The molecule has 1 N–H and O–H groups in total. The molecule has 1 aromatic carbocycles. The molecule has 0 aliphatic rings. The second-order valence-electron chi connectivity index (χ2n) is 7.22. The second-order valence-corrected chi connectivity index (χ2v) is 8.25. The van der Waals surface area contributed by atoms with E-state index >= 15 is 0 Å². The molecule has 0 radical (unpaired) electrons. The molecular formula is C18H28N2OS. The van der Waals surface area contributed by atoms with E-state index in [0.29, 0.717) is 5.92 Å². The molecule has 0 aliphatic carbocycles. The zero-order chi connectivity index (χ0) is 16.3. The zero-order valence-corrected chi connectivity index (χ0v) is 15.4. The molecule has 2 aromatic rings. The highest BCUT2D eigenvalue weighted by Crippen LogP contribution is 2.38. The third kappa shape index (κ3) is 4.13. The molecule has 1 heterocycles. The molecule has 22 heavy (non-hydrogen) atoms. The fourth-order valence-electron chi connectivity index (χ4n) is 2.22. The van der Waals surface area contributed by atoms with E-state index in [4.69, 9.17) is 9.72 Å². The molecule has 122 valence electrons. The molecule has 1 aromatic heterocycles. The van der Waals surface area contributed by atoms with Gasteiger partial charge >= 0.3 is 0 Å². The Labute approximate surface area is 138 Å². The summed E-state index contributed by atoms with van der Waals surface area (Å²) < 4.78 is 7.27. The first-order valence-corrected chi connectivity index (χ1v) is 8.94. The normalized spacial score (nSPS) is 12.1. The highest BCUT2D eigenvalue weighted by molar-refractivity contribution is 7.22. The topological polar surface area (TPSA) is 34.2 Å². The number of fused-ring (bicyclic) bond motifs is 1. The molecule has 2 rings (SSSR count). The lowest BCUT2D eigenvalue weighted by molar-refractivity contribution is 0.265. The van der Waals surface area contributed by atoms with Gasteiger partial charge in [0.2, 0.25) is 0 Å². The van der Waals surface area contributed by atoms with Crippen LogP contribution in [0.1, 0.15) is 53.5 Å². The predicted octanol–water partition coefficient (Wildman–Crippen LogP) is 5.45. The Kier molecular flexibility index (Phi) is 5.32. The van der Waals surface area contributed by atoms with Gasteiger partial charge in [0.1, 0.15) is 5.75 Å². The van der Waals surface area contributed by atoms with Crippen molar-refractivity contribution in [3.8, 4) is 5.75 Å². The summed E-state index contributed by atoms with van der Waals surface area (Å²) in [6, 6.07) is 4.35. The van der Waals surface area contributed by atoms with Gasteiger partial charge in [-0.1, -0.05) is 52.9 Å². The summed E-state index contributed by atoms with van der Waals surface area (Å²) in [5.41, 5.74) is 2.33. The van der Waals surface area contributed by atoms with Crippen LogP contribution in [-0.4, -0.2) is 18.1 Å². The summed E-state index contributed by atoms with van der Waals surface area (Å²) in [7, 11) is 0. The van der Waals surface area contributed by atoms with Crippen molar-refractivity contribution in [2.24, 2.45) is 5.92 Å². The fraction of sp³-hybridized carbons (Fsp3) is 0.611. The average molecular weight is 321 g/mol. The van der Waals surface area contributed by atoms with Gasteiger partial charge in [-0.2, -0.15) is 0 Å². The number of aromatic nitrogens is 1. The van der Waals surface area contributed by atoms with Gasteiger partial charge in [-0.05, 0) is 29.9 Å². The Bertz CT molecular complexity index is 626. The van der Waals surface area contributed by atoms with Gasteiger partial charge in [-0.25, -0.2) is 4.98 Å². The minimum absolute atomic E-state index is 0.0428. The lowest BCUT2D eigenvalue weighted by Gasteiger charge is -2.23. The molecular weight excluding hydrogens is 292 g/mol. The van der Waals surface area contributed by atoms with Gasteiger partial charge in [0.25, 0.3) is 0 Å². The molecule has 0 saturated heterocycles. The predicted molar refractivity (Wildman–Crippen MR) is 97.4 cm³/mol. The van der Waals surface area contributed by atoms with Gasteiger partial charge in [0.05, 0.1) is 16.8 Å². The van der Waals surface area contributed by atoms with Crippen LogP contribution in [0.5, 0.6) is 5.75 Å². The van der Waals surface area contributed by atoms with Crippen LogP contribution in [0.3, 0.4) is 0 Å². The van der Waals surface area contributed by atoms with Crippen molar-refractivity contribution in [2.75, 3.05) is 18.5 Å². The van der Waals surface area contributed by atoms with Crippen LogP contribution < -0.4 is 10.1 Å². The number of nitrogens with zero attached hydrogens (tertiary/aromatic N) is 1. The van der Waals surface area contributed by atoms with Crippen molar-refractivity contribution in [2.45, 2.75) is 53.4 Å². The van der Waals surface area contributed by atoms with E-state index in [2.05, 4.69) is 59.0 Å². The Morgan fingerprint density at radius 3 is 2.59 bits per heavy atom. The summed E-state index contributed by atoms with van der Waals surface area (Å²) in [6.45, 7) is 14.9. The molecule has 0 bridgehead atoms. The van der Waals surface area contributed by atoms with E-state index in [1.807, 2.05) is 0 Å². The van der Waals surface area contributed by atoms with Gasteiger partial charge in [-0.3, -0.25) is 0 Å². The zero-order valence-electron chi connectivity index (χ0n) is 14.6. The number of nitrogens with one attached hydrogen (secondary N) is 1. The van der Waals surface area contributed by atoms with E-state index < -0.39 is 0 Å². The SMILES string of the molecule is CCCNc1nc2cc(C(C)(C)C)c(OCC(C)C)cc2s1. The molecule has 0 fully saturated rings. The number of hydrogen-bond donors (Lipinski definition) is 1. The lowest BCUT2D eigenvalue weighted by Crippen LogP contribution is -2.15. The fourth-order valence-corrected chi connectivity index (χ4v) is 3.13. The number of anilines is 1. The Morgan fingerprint density at radius 1 is 1.27 bits per heavy atom. The summed E-state index contributed by atoms with van der Waals surface area (Å²) in [4.78, 5) is 4.71. The highest BCUT2D eigenvalue weighted by atomic mass is 32.1. The minimum atomic E-state index is 0.0428. The Hall–Kier alpha value is -1.29. The Morgan fingerprint density at radius 2 is 2.00 bits per heavy atom. The van der Waals surface area contributed by atoms with Crippen LogP contribution in [0.15, 0.2) is 12.1 Å². The smallest absolute Gasteiger partial charge is 0.183 e. The van der Waals surface area contributed by atoms with Crippen molar-refractivity contribution in [3.05, 3.63) is 17.7 Å². The van der Waals surface area contributed by atoms with E-state index in [0.717, 1.165) is 36.0 Å². The largest absolute Gasteiger partial charge is 0.493 e. The van der Waals surface area contributed by atoms with Gasteiger partial charge < -0.3 is 10.1 Å². The summed E-state index contributed by atoms with van der Waals surface area (Å²) in [5, 5.41) is 4.38. The maximum absolute atomic E-state index is 6.08. The Balaban J connectivity index is 2.41. The average Bonchev–Trinajstić information content (AvgIpc) is 2.82. The van der Waals surface area contributed by atoms with E-state index in [1.165, 1.54) is 10.3 Å². The molecule has 0 atom stereocenters. The third-order valence-electron chi connectivity index (χ3n) is 3.40. The number of ether oxygens (including phenoxy) is 1. The summed E-state index contributed by atoms with van der Waals surface area (Å²) in [5.74, 6) is 1.52. The molecule has 0 spiro atoms. The molecule has 0 unspecified atom stereocenters. The van der Waals surface area contributed by atoms with Gasteiger partial charge in [0, 0.05) is 12.1 Å². The number of rotatable bonds is 6. The first-order chi connectivity index (χ1) is 10.3. The van der Waals surface area contributed by atoms with Crippen molar-refractivity contribution >= 4 is 26.7 Å². The lowest BCUT2D eigenvalue weighted by atomic mass is 9.86. The quantitative estimate of drug-likeness (QED) is 0.768. The summed E-state index contributed by atoms with van der Waals surface area (Å²) >= 11 is 1.70. The van der Waals surface area contributed by atoms with Crippen molar-refractivity contribution in [1.82, 2.24) is 4.98 Å². The maximum atomic E-state index is 6.08. The monoisotopic (exact) mass is 320 g/mol. The van der Waals surface area contributed by atoms with Crippen molar-refractivity contribution in [3.63, 3.8) is 0 Å². The molecule has 0 saturated carbocycles. The van der Waals surface area contributed by atoms with Gasteiger partial charge in [0.15, 0.2) is 5.13 Å². The maximum Gasteiger partial charge on any atom is 0.183 e. The first-order valence-electron chi connectivity index (χ1n) is 8.13. The van der Waals surface area contributed by atoms with E-state index in [-0.39, 0.29) is 5.41 Å². The van der Waals surface area contributed by atoms with Gasteiger partial charge in [-0.15, -0.1) is 0 Å². The van der Waals surface area contributed by atoms with Crippen LogP contribution in [0.2, 0.25) is 0 Å². The van der Waals surface area contributed by atoms with Crippen LogP contribution in [0.25, 0.3) is 10.2 Å². The molecule has 4 heteroatoms. The molecule has 0 amide bonds. The summed E-state index contributed by atoms with van der Waals surface area (Å²) in [6.07, 6.45) is 1.10. The van der Waals surface area contributed by atoms with Crippen LogP contribution >= 0.6 is 11.3 Å². The minimum Gasteiger partial charge on any atom is -0.493 e. The second kappa shape index (κ2) is 6.86. The van der Waals surface area contributed by atoms with Crippen LogP contribution in [0, 0.1) is 5.92 Å². The number of benzene rings is 1. The number of thiazole rings is 1. The van der Waals surface area contributed by atoms with E-state index in [1.54, 1.807) is 11.3 Å². The van der Waals surface area contributed by atoms with Crippen LogP contribution in [0.4, 0.5) is 5.13 Å². The van der Waals surface area contributed by atoms with Crippen molar-refractivity contribution < 1.29 is 4.74 Å². The standard InChI is InChI=1S/C18H28N2OS/c1-7-8-19-17-20-14-9-13(18(4,5)6)15(10-16(14)22-17)21-11-12(2)3/h9-10,12H,7-8,11H2,1-6H3,(H,19,20). The van der Waals surface area contributed by atoms with Crippen molar-refractivity contribution in [1.29, 1.82) is 0 Å². The highest BCUT2D eigenvalue weighted by Gasteiger charge is 2.21. The number of hydrogen-bond acceptors (Lipinski definition) is 4. The van der Waals surface area contributed by atoms with E-state index in [9.17, 15) is 0 Å².